The minimum atomic E-state index is -1.19. The third kappa shape index (κ3) is 2.74. The number of rotatable bonds is 4. The Morgan fingerprint density at radius 2 is 2.26 bits per heavy atom. The van der Waals surface area contributed by atoms with E-state index in [4.69, 9.17) is 15.6 Å². The summed E-state index contributed by atoms with van der Waals surface area (Å²) >= 11 is 0. The van der Waals surface area contributed by atoms with Gasteiger partial charge in [-0.1, -0.05) is 0 Å². The van der Waals surface area contributed by atoms with Gasteiger partial charge in [-0.05, 0) is 0 Å². The summed E-state index contributed by atoms with van der Waals surface area (Å²) < 4.78 is 6.70. The minimum absolute atomic E-state index is 0.166. The predicted octanol–water partition coefficient (Wildman–Crippen LogP) is -2.61. The van der Waals surface area contributed by atoms with Gasteiger partial charge in [-0.2, -0.15) is 0 Å². The lowest BCUT2D eigenvalue weighted by molar-refractivity contribution is -0.114. The van der Waals surface area contributed by atoms with E-state index in [1.165, 1.54) is 17.1 Å². The van der Waals surface area contributed by atoms with Crippen molar-refractivity contribution in [3.8, 4) is 0 Å². The number of anilines is 1. The number of aromatic nitrogens is 2. The van der Waals surface area contributed by atoms with Crippen LogP contribution in [0.15, 0.2) is 12.5 Å². The van der Waals surface area contributed by atoms with Crippen LogP contribution in [-0.2, 0) is 9.53 Å². The van der Waals surface area contributed by atoms with Gasteiger partial charge >= 0.3 is 0 Å². The fourth-order valence-corrected chi connectivity index (χ4v) is 1.86. The van der Waals surface area contributed by atoms with Gasteiger partial charge in [-0.3, -0.25) is 4.79 Å². The summed E-state index contributed by atoms with van der Waals surface area (Å²) in [5, 5.41) is 30.9. The van der Waals surface area contributed by atoms with Gasteiger partial charge in [0.05, 0.1) is 25.7 Å². The highest BCUT2D eigenvalue weighted by Crippen LogP contribution is 2.29. The van der Waals surface area contributed by atoms with Crippen molar-refractivity contribution in [2.45, 2.75) is 24.5 Å². The molecule has 0 radical (unpaired) electrons. The van der Waals surface area contributed by atoms with Crippen molar-refractivity contribution < 1.29 is 24.9 Å². The van der Waals surface area contributed by atoms with Gasteiger partial charge in [-0.15, -0.1) is 0 Å². The van der Waals surface area contributed by atoms with Crippen molar-refractivity contribution in [3.05, 3.63) is 12.5 Å². The molecule has 1 aliphatic rings. The summed E-state index contributed by atoms with van der Waals surface area (Å²) in [4.78, 5) is 15.0. The molecule has 0 spiro atoms. The van der Waals surface area contributed by atoms with E-state index in [1.54, 1.807) is 0 Å². The first-order chi connectivity index (χ1) is 9.06. The first-order valence-electron chi connectivity index (χ1n) is 5.72. The second kappa shape index (κ2) is 5.63. The van der Waals surface area contributed by atoms with E-state index in [2.05, 4.69) is 10.3 Å². The van der Waals surface area contributed by atoms with Crippen LogP contribution in [0.2, 0.25) is 0 Å². The number of ether oxygens (including phenoxy) is 1. The number of imidazole rings is 1. The molecule has 9 nitrogen and oxygen atoms in total. The molecular formula is C10H16N4O5. The molecule has 0 aliphatic carbocycles. The van der Waals surface area contributed by atoms with E-state index >= 15 is 0 Å². The van der Waals surface area contributed by atoms with Gasteiger partial charge in [0.1, 0.15) is 18.3 Å². The Balaban J connectivity index is 2.08. The van der Waals surface area contributed by atoms with Gasteiger partial charge in [0.15, 0.2) is 12.0 Å². The van der Waals surface area contributed by atoms with Crippen LogP contribution in [0.25, 0.3) is 0 Å². The number of aliphatic hydroxyl groups is 3. The molecule has 1 fully saturated rings. The molecular weight excluding hydrogens is 256 g/mol. The lowest BCUT2D eigenvalue weighted by atomic mass is 10.1. The highest BCUT2D eigenvalue weighted by Gasteiger charge is 2.43. The Hall–Kier alpha value is -1.52. The van der Waals surface area contributed by atoms with Crippen LogP contribution in [0.1, 0.15) is 6.23 Å². The Bertz CT molecular complexity index is 451. The molecule has 0 bridgehead atoms. The molecule has 0 aromatic carbocycles. The van der Waals surface area contributed by atoms with E-state index in [0.717, 1.165) is 0 Å². The standard InChI is InChI=1S/C10H16N4O5/c11-1-7(16)13-6-2-14(4-12-6)10-9(18)8(17)5(3-15)19-10/h2,4-5,8-10,15,17-18H,1,3,11H2,(H,13,16)/t5-,8-,9-,10-/m1/s1. The van der Waals surface area contributed by atoms with Gasteiger partial charge in [-0.25, -0.2) is 4.98 Å². The van der Waals surface area contributed by atoms with Gasteiger partial charge in [0, 0.05) is 0 Å². The van der Waals surface area contributed by atoms with Crippen LogP contribution in [-0.4, -0.2) is 62.2 Å². The lowest BCUT2D eigenvalue weighted by Gasteiger charge is -2.15. The van der Waals surface area contributed by atoms with Crippen molar-refractivity contribution >= 4 is 11.7 Å². The first kappa shape index (κ1) is 13.9. The molecule has 1 aromatic heterocycles. The third-order valence-electron chi connectivity index (χ3n) is 2.87. The maximum atomic E-state index is 11.1. The number of nitrogens with zero attached hydrogens (tertiary/aromatic N) is 2. The maximum Gasteiger partial charge on any atom is 0.239 e. The fourth-order valence-electron chi connectivity index (χ4n) is 1.86. The minimum Gasteiger partial charge on any atom is -0.394 e. The molecule has 9 heteroatoms. The summed E-state index contributed by atoms with van der Waals surface area (Å²) in [5.74, 6) is -0.139. The number of carbonyl (C=O) groups is 1. The second-order valence-corrected chi connectivity index (χ2v) is 4.19. The summed E-state index contributed by atoms with van der Waals surface area (Å²) in [6.45, 7) is -0.569. The van der Waals surface area contributed by atoms with E-state index in [-0.39, 0.29) is 12.4 Å². The van der Waals surface area contributed by atoms with E-state index in [1.807, 2.05) is 0 Å². The molecule has 2 heterocycles. The number of hydrogen-bond acceptors (Lipinski definition) is 7. The van der Waals surface area contributed by atoms with E-state index in [9.17, 15) is 15.0 Å². The van der Waals surface area contributed by atoms with Crippen molar-refractivity contribution in [2.24, 2.45) is 5.73 Å². The van der Waals surface area contributed by atoms with Crippen molar-refractivity contribution in [1.29, 1.82) is 0 Å². The highest BCUT2D eigenvalue weighted by atomic mass is 16.6. The van der Waals surface area contributed by atoms with Crippen LogP contribution >= 0.6 is 0 Å². The zero-order valence-electron chi connectivity index (χ0n) is 10.0. The average Bonchev–Trinajstić information content (AvgIpc) is 2.96. The smallest absolute Gasteiger partial charge is 0.239 e. The monoisotopic (exact) mass is 272 g/mol. The zero-order chi connectivity index (χ0) is 14.0. The summed E-state index contributed by atoms with van der Waals surface area (Å²) in [6, 6.07) is 0. The molecule has 1 aromatic rings. The second-order valence-electron chi connectivity index (χ2n) is 4.19. The van der Waals surface area contributed by atoms with Crippen LogP contribution in [0.3, 0.4) is 0 Å². The zero-order valence-corrected chi connectivity index (χ0v) is 10.0. The maximum absolute atomic E-state index is 11.1. The average molecular weight is 272 g/mol. The molecule has 0 unspecified atom stereocenters. The van der Waals surface area contributed by atoms with Gasteiger partial charge < -0.3 is 35.7 Å². The number of hydrogen-bond donors (Lipinski definition) is 5. The topological polar surface area (TPSA) is 143 Å². The predicted molar refractivity (Wildman–Crippen MR) is 62.9 cm³/mol. The fraction of sp³-hybridized carbons (Fsp3) is 0.600. The van der Waals surface area contributed by atoms with Crippen LogP contribution in [0.5, 0.6) is 0 Å². The molecule has 6 N–H and O–H groups in total. The summed E-state index contributed by atoms with van der Waals surface area (Å²) in [6.07, 6.45) is -1.32. The molecule has 2 rings (SSSR count). The van der Waals surface area contributed by atoms with Gasteiger partial charge in [0.2, 0.25) is 5.91 Å². The summed E-state index contributed by atoms with van der Waals surface area (Å²) in [5.41, 5.74) is 5.15. The Morgan fingerprint density at radius 3 is 2.84 bits per heavy atom. The molecule has 1 amide bonds. The van der Waals surface area contributed by atoms with Crippen LogP contribution in [0.4, 0.5) is 5.82 Å². The molecule has 1 saturated heterocycles. The van der Waals surface area contributed by atoms with Crippen LogP contribution in [0, 0.1) is 0 Å². The quantitative estimate of drug-likeness (QED) is 0.404. The van der Waals surface area contributed by atoms with Crippen LogP contribution < -0.4 is 11.1 Å². The number of nitrogens with one attached hydrogen (secondary N) is 1. The normalized spacial score (nSPS) is 30.5. The molecule has 0 saturated carbocycles. The Kier molecular flexibility index (Phi) is 4.12. The van der Waals surface area contributed by atoms with E-state index in [0.29, 0.717) is 0 Å². The summed E-state index contributed by atoms with van der Waals surface area (Å²) in [7, 11) is 0. The van der Waals surface area contributed by atoms with Crippen molar-refractivity contribution in [2.75, 3.05) is 18.5 Å². The van der Waals surface area contributed by atoms with E-state index < -0.39 is 37.1 Å². The number of aliphatic hydroxyl groups excluding tert-OH is 3. The number of carbonyl (C=O) groups excluding carboxylic acids is 1. The van der Waals surface area contributed by atoms with Gasteiger partial charge in [0.25, 0.3) is 0 Å². The SMILES string of the molecule is NCC(=O)Nc1cn([C@@H]2O[C@H](CO)[C@@H](O)[C@H]2O)cn1. The Morgan fingerprint density at radius 1 is 1.53 bits per heavy atom. The number of nitrogens with two attached hydrogens (primary N) is 1. The lowest BCUT2D eigenvalue weighted by Crippen LogP contribution is -2.33. The van der Waals surface area contributed by atoms with Crippen molar-refractivity contribution in [3.63, 3.8) is 0 Å². The largest absolute Gasteiger partial charge is 0.394 e. The van der Waals surface area contributed by atoms with Crippen molar-refractivity contribution in [1.82, 2.24) is 9.55 Å². The third-order valence-corrected chi connectivity index (χ3v) is 2.87. The highest BCUT2D eigenvalue weighted by molar-refractivity contribution is 5.91. The number of amides is 1. The molecule has 106 valence electrons. The molecule has 19 heavy (non-hydrogen) atoms. The molecule has 4 atom stereocenters. The first-order valence-corrected chi connectivity index (χ1v) is 5.72. The Labute approximate surface area is 108 Å². The molecule has 1 aliphatic heterocycles.